The van der Waals surface area contributed by atoms with Gasteiger partial charge in [-0.05, 0) is 79.5 Å². The van der Waals surface area contributed by atoms with E-state index in [9.17, 15) is 9.00 Å². The minimum atomic E-state index is -1.34. The summed E-state index contributed by atoms with van der Waals surface area (Å²) in [6.07, 6.45) is 0.861. The van der Waals surface area contributed by atoms with Crippen LogP contribution in [0.3, 0.4) is 0 Å². The quantitative estimate of drug-likeness (QED) is 0.457. The number of likely N-dealkylation sites (N-methyl/N-ethyl adjacent to an activating group) is 1. The fraction of sp³-hybridized carbons (Fsp3) is 0.387. The van der Waals surface area contributed by atoms with Crippen LogP contribution in [0.5, 0.6) is 0 Å². The van der Waals surface area contributed by atoms with Gasteiger partial charge in [0.2, 0.25) is 0 Å². The number of hydrogen-bond acceptors (Lipinski definition) is 4. The molecule has 0 aliphatic carbocycles. The van der Waals surface area contributed by atoms with E-state index in [1.807, 2.05) is 80.4 Å². The summed E-state index contributed by atoms with van der Waals surface area (Å²) < 4.78 is 14.7. The largest absolute Gasteiger partial charge is 0.369 e. The lowest BCUT2D eigenvalue weighted by Crippen LogP contribution is -2.46. The van der Waals surface area contributed by atoms with Crippen molar-refractivity contribution in [1.29, 1.82) is 0 Å². The molecule has 1 saturated heterocycles. The molecular formula is C31H41N5O2S. The molecule has 1 unspecified atom stereocenters. The summed E-state index contributed by atoms with van der Waals surface area (Å²) in [7, 11) is 2.64. The SMILES string of the molecule is CC.Cc1ccc(N2CCN(C)CC2)c2c1CCN(C(=O)Nc1ccc(S(=O)N(C)c3ccccc3)cc1)C2. The normalized spacial score (nSPS) is 16.0. The highest BCUT2D eigenvalue weighted by atomic mass is 32.2. The van der Waals surface area contributed by atoms with Gasteiger partial charge in [0.05, 0.1) is 4.90 Å². The van der Waals surface area contributed by atoms with Crippen molar-refractivity contribution < 1.29 is 9.00 Å². The molecule has 39 heavy (non-hydrogen) atoms. The average molecular weight is 548 g/mol. The van der Waals surface area contributed by atoms with Crippen LogP contribution in [-0.4, -0.2) is 66.9 Å². The van der Waals surface area contributed by atoms with Gasteiger partial charge >= 0.3 is 6.03 Å². The second-order valence-electron chi connectivity index (χ2n) is 9.86. The predicted molar refractivity (Wildman–Crippen MR) is 163 cm³/mol. The average Bonchev–Trinajstić information content (AvgIpc) is 2.99. The molecule has 2 heterocycles. The van der Waals surface area contributed by atoms with Gasteiger partial charge in [0, 0.05) is 63.4 Å². The predicted octanol–water partition coefficient (Wildman–Crippen LogP) is 5.52. The highest BCUT2D eigenvalue weighted by Gasteiger charge is 2.27. The van der Waals surface area contributed by atoms with E-state index in [2.05, 4.69) is 41.2 Å². The third-order valence-electron chi connectivity index (χ3n) is 7.43. The molecule has 1 N–H and O–H groups in total. The van der Waals surface area contributed by atoms with Crippen LogP contribution in [0.2, 0.25) is 0 Å². The molecule has 0 aromatic heterocycles. The first-order valence-electron chi connectivity index (χ1n) is 13.8. The molecular weight excluding hydrogens is 506 g/mol. The first-order valence-corrected chi connectivity index (χ1v) is 14.9. The van der Waals surface area contributed by atoms with Gasteiger partial charge in [-0.3, -0.25) is 4.31 Å². The number of carbonyl (C=O) groups is 1. The van der Waals surface area contributed by atoms with Crippen molar-refractivity contribution in [1.82, 2.24) is 9.80 Å². The lowest BCUT2D eigenvalue weighted by molar-refractivity contribution is 0.206. The number of amides is 2. The Morgan fingerprint density at radius 3 is 2.21 bits per heavy atom. The van der Waals surface area contributed by atoms with Gasteiger partial charge in [-0.15, -0.1) is 0 Å². The zero-order valence-electron chi connectivity index (χ0n) is 23.8. The summed E-state index contributed by atoms with van der Waals surface area (Å²) in [4.78, 5) is 20.6. The van der Waals surface area contributed by atoms with Gasteiger partial charge in [-0.2, -0.15) is 0 Å². The molecule has 0 bridgehead atoms. The minimum absolute atomic E-state index is 0.105. The Labute approximate surface area is 236 Å². The van der Waals surface area contributed by atoms with E-state index in [1.54, 1.807) is 4.31 Å². The van der Waals surface area contributed by atoms with E-state index in [1.165, 1.54) is 22.4 Å². The Balaban J connectivity index is 0.00000172. The number of carbonyl (C=O) groups excluding carboxylic acids is 1. The second-order valence-corrected chi connectivity index (χ2v) is 11.4. The zero-order valence-corrected chi connectivity index (χ0v) is 24.6. The smallest absolute Gasteiger partial charge is 0.322 e. The lowest BCUT2D eigenvalue weighted by atomic mass is 9.93. The van der Waals surface area contributed by atoms with Crippen molar-refractivity contribution in [2.24, 2.45) is 0 Å². The number of hydrogen-bond donors (Lipinski definition) is 1. The number of nitrogens with zero attached hydrogens (tertiary/aromatic N) is 4. The number of anilines is 3. The Kier molecular flexibility index (Phi) is 9.64. The number of aryl methyl sites for hydroxylation is 1. The maximum Gasteiger partial charge on any atom is 0.322 e. The second kappa shape index (κ2) is 13.1. The molecule has 208 valence electrons. The van der Waals surface area contributed by atoms with Crippen LogP contribution >= 0.6 is 0 Å². The molecule has 0 radical (unpaired) electrons. The number of rotatable bonds is 5. The molecule has 2 aliphatic heterocycles. The maximum absolute atomic E-state index is 13.2. The van der Waals surface area contributed by atoms with E-state index in [0.29, 0.717) is 23.7 Å². The molecule has 8 heteroatoms. The molecule has 3 aromatic rings. The maximum atomic E-state index is 13.2. The molecule has 0 saturated carbocycles. The zero-order chi connectivity index (χ0) is 27.9. The molecule has 1 atom stereocenters. The lowest BCUT2D eigenvalue weighted by Gasteiger charge is -2.38. The highest BCUT2D eigenvalue weighted by molar-refractivity contribution is 7.86. The molecule has 2 aliphatic rings. The van der Waals surface area contributed by atoms with Crippen molar-refractivity contribution in [2.75, 3.05) is 61.3 Å². The van der Waals surface area contributed by atoms with Gasteiger partial charge in [0.15, 0.2) is 11.0 Å². The van der Waals surface area contributed by atoms with Crippen LogP contribution < -0.4 is 14.5 Å². The Morgan fingerprint density at radius 1 is 0.872 bits per heavy atom. The van der Waals surface area contributed by atoms with Crippen LogP contribution in [-0.2, 0) is 24.0 Å². The summed E-state index contributed by atoms with van der Waals surface area (Å²) in [5, 5.41) is 3.04. The van der Waals surface area contributed by atoms with E-state index >= 15 is 0 Å². The van der Waals surface area contributed by atoms with Crippen molar-refractivity contribution in [3.63, 3.8) is 0 Å². The Morgan fingerprint density at radius 2 is 1.54 bits per heavy atom. The van der Waals surface area contributed by atoms with E-state index in [4.69, 9.17) is 0 Å². The van der Waals surface area contributed by atoms with Crippen LogP contribution in [0.4, 0.5) is 21.9 Å². The van der Waals surface area contributed by atoms with E-state index in [-0.39, 0.29) is 6.03 Å². The summed E-state index contributed by atoms with van der Waals surface area (Å²) >= 11 is 0. The Bertz CT molecular complexity index is 1270. The fourth-order valence-corrected chi connectivity index (χ4v) is 6.10. The van der Waals surface area contributed by atoms with Gasteiger partial charge in [0.25, 0.3) is 0 Å². The van der Waals surface area contributed by atoms with Crippen molar-refractivity contribution in [3.8, 4) is 0 Å². The summed E-state index contributed by atoms with van der Waals surface area (Å²) in [6, 6.07) is 21.3. The molecule has 1 fully saturated rings. The van der Waals surface area contributed by atoms with Gasteiger partial charge in [0.1, 0.15) is 0 Å². The third-order valence-corrected chi connectivity index (χ3v) is 8.81. The topological polar surface area (TPSA) is 59.1 Å². The van der Waals surface area contributed by atoms with Gasteiger partial charge < -0.3 is 20.0 Å². The Hall–Kier alpha value is -3.36. The number of benzene rings is 3. The van der Waals surface area contributed by atoms with Crippen LogP contribution in [0.15, 0.2) is 71.6 Å². The number of piperazine rings is 1. The monoisotopic (exact) mass is 547 g/mol. The van der Waals surface area contributed by atoms with Crippen LogP contribution in [0.25, 0.3) is 0 Å². The molecule has 3 aromatic carbocycles. The van der Waals surface area contributed by atoms with Crippen molar-refractivity contribution >= 4 is 34.1 Å². The van der Waals surface area contributed by atoms with E-state index in [0.717, 1.165) is 38.3 Å². The molecule has 0 spiro atoms. The van der Waals surface area contributed by atoms with Crippen molar-refractivity contribution in [2.45, 2.75) is 38.6 Å². The summed E-state index contributed by atoms with van der Waals surface area (Å²) in [6.45, 7) is 11.6. The summed E-state index contributed by atoms with van der Waals surface area (Å²) in [5.41, 5.74) is 6.81. The standard InChI is InChI=1S/C29H35N5O2S.C2H6/c1-22-9-14-28(33-19-17-31(2)18-20-33)27-21-34(16-15-26(22)27)29(35)30-23-10-12-25(13-11-23)37(36)32(3)24-7-5-4-6-8-24;1-2/h4-14H,15-21H2,1-3H3,(H,30,35);1-2H3. The first kappa shape index (κ1) is 28.6. The number of urea groups is 1. The fourth-order valence-electron chi connectivity index (χ4n) is 5.10. The molecule has 7 nitrogen and oxygen atoms in total. The first-order chi connectivity index (χ1) is 18.9. The van der Waals surface area contributed by atoms with Gasteiger partial charge in [-0.25, -0.2) is 9.00 Å². The summed E-state index contributed by atoms with van der Waals surface area (Å²) in [5.74, 6) is 0. The minimum Gasteiger partial charge on any atom is -0.369 e. The van der Waals surface area contributed by atoms with E-state index < -0.39 is 11.0 Å². The molecule has 5 rings (SSSR count). The third kappa shape index (κ3) is 6.62. The highest BCUT2D eigenvalue weighted by Crippen LogP contribution is 2.32. The van der Waals surface area contributed by atoms with Crippen molar-refractivity contribution in [3.05, 3.63) is 83.4 Å². The number of nitrogens with one attached hydrogen (secondary N) is 1. The molecule has 2 amide bonds. The van der Waals surface area contributed by atoms with Gasteiger partial charge in [-0.1, -0.05) is 38.1 Å². The van der Waals surface area contributed by atoms with Crippen LogP contribution in [0.1, 0.15) is 30.5 Å². The number of para-hydroxylation sites is 1. The number of fused-ring (bicyclic) bond motifs is 1. The van der Waals surface area contributed by atoms with Crippen LogP contribution in [0, 0.1) is 6.92 Å².